The maximum absolute atomic E-state index is 12.2. The Kier molecular flexibility index (Phi) is 5.51. The number of benzene rings is 2. The summed E-state index contributed by atoms with van der Waals surface area (Å²) in [6, 6.07) is 15.7. The van der Waals surface area contributed by atoms with E-state index < -0.39 is 15.8 Å². The lowest BCUT2D eigenvalue weighted by Crippen LogP contribution is -2.07. The molecule has 3 aromatic rings. The number of nitrogens with zero attached hydrogens (tertiary/aromatic N) is 2. The molecule has 0 aliphatic carbocycles. The Balaban J connectivity index is 2.11. The van der Waals surface area contributed by atoms with Crippen LogP contribution < -0.4 is 5.32 Å². The van der Waals surface area contributed by atoms with Crippen LogP contribution in [0.4, 0.5) is 5.69 Å². The number of sulfone groups is 1. The third-order valence-corrected chi connectivity index (χ3v) is 5.30. The summed E-state index contributed by atoms with van der Waals surface area (Å²) in [5, 5.41) is 7.46. The molecule has 2 aromatic carbocycles. The van der Waals surface area contributed by atoms with Crippen LogP contribution in [0.15, 0.2) is 59.5 Å². The van der Waals surface area contributed by atoms with Crippen LogP contribution in [-0.2, 0) is 14.6 Å². The third kappa shape index (κ3) is 4.07. The van der Waals surface area contributed by atoms with E-state index in [0.717, 1.165) is 23.2 Å². The first-order valence-corrected chi connectivity index (χ1v) is 10.6. The highest BCUT2D eigenvalue weighted by atomic mass is 32.2. The van der Waals surface area contributed by atoms with E-state index >= 15 is 0 Å². The molecule has 0 atom stereocenters. The van der Waals surface area contributed by atoms with Crippen LogP contribution in [0.2, 0.25) is 0 Å². The van der Waals surface area contributed by atoms with Crippen molar-refractivity contribution in [3.8, 4) is 16.9 Å². The van der Waals surface area contributed by atoms with Gasteiger partial charge in [0, 0.05) is 24.6 Å². The van der Waals surface area contributed by atoms with Crippen molar-refractivity contribution in [1.29, 1.82) is 0 Å². The van der Waals surface area contributed by atoms with Gasteiger partial charge in [-0.3, -0.25) is 0 Å². The Labute approximate surface area is 163 Å². The van der Waals surface area contributed by atoms with E-state index in [1.54, 1.807) is 29.8 Å². The lowest BCUT2D eigenvalue weighted by Gasteiger charge is -2.09. The van der Waals surface area contributed by atoms with Gasteiger partial charge in [-0.15, -0.1) is 0 Å². The Hall–Kier alpha value is -3.13. The van der Waals surface area contributed by atoms with Crippen LogP contribution in [0.25, 0.3) is 16.9 Å². The van der Waals surface area contributed by atoms with Gasteiger partial charge in [-0.05, 0) is 49.4 Å². The summed E-state index contributed by atoms with van der Waals surface area (Å²) in [6.07, 6.45) is 1.16. The highest BCUT2D eigenvalue weighted by Gasteiger charge is 2.18. The number of hydrogen-bond donors (Lipinski definition) is 1. The third-order valence-electron chi connectivity index (χ3n) is 4.17. The van der Waals surface area contributed by atoms with Gasteiger partial charge in [0.25, 0.3) is 0 Å². The number of carbonyl (C=O) groups is 1. The van der Waals surface area contributed by atoms with E-state index in [-0.39, 0.29) is 17.2 Å². The summed E-state index contributed by atoms with van der Waals surface area (Å²) in [7, 11) is -1.46. The second kappa shape index (κ2) is 7.85. The Morgan fingerprint density at radius 2 is 1.75 bits per heavy atom. The molecule has 28 heavy (non-hydrogen) atoms. The van der Waals surface area contributed by atoms with Gasteiger partial charge >= 0.3 is 5.97 Å². The molecular weight excluding hydrogens is 378 g/mol. The van der Waals surface area contributed by atoms with Gasteiger partial charge in [0.2, 0.25) is 0 Å². The summed E-state index contributed by atoms with van der Waals surface area (Å²) in [5.74, 6) is -0.512. The van der Waals surface area contributed by atoms with Crippen molar-refractivity contribution in [3.63, 3.8) is 0 Å². The molecule has 0 bridgehead atoms. The van der Waals surface area contributed by atoms with Crippen molar-refractivity contribution >= 4 is 21.5 Å². The van der Waals surface area contributed by atoms with Gasteiger partial charge in [0.05, 0.1) is 22.9 Å². The molecule has 0 aliphatic rings. The molecule has 0 unspecified atom stereocenters. The van der Waals surface area contributed by atoms with Gasteiger partial charge < -0.3 is 10.1 Å². The highest BCUT2D eigenvalue weighted by molar-refractivity contribution is 7.90. The number of nitrogens with one attached hydrogen (secondary N) is 1. The number of hydrogen-bond acceptors (Lipinski definition) is 6. The molecule has 0 spiro atoms. The molecule has 0 amide bonds. The minimum absolute atomic E-state index is 0.182. The lowest BCUT2D eigenvalue weighted by molar-refractivity contribution is 0.0519. The van der Waals surface area contributed by atoms with E-state index in [2.05, 4.69) is 10.4 Å². The van der Waals surface area contributed by atoms with Gasteiger partial charge in [0.1, 0.15) is 0 Å². The highest BCUT2D eigenvalue weighted by Crippen LogP contribution is 2.26. The lowest BCUT2D eigenvalue weighted by atomic mass is 10.1. The monoisotopic (exact) mass is 399 g/mol. The molecule has 3 rings (SSSR count). The van der Waals surface area contributed by atoms with Crippen molar-refractivity contribution in [2.45, 2.75) is 11.8 Å². The van der Waals surface area contributed by atoms with Gasteiger partial charge in [-0.25, -0.2) is 17.9 Å². The average Bonchev–Trinajstić information content (AvgIpc) is 3.13. The van der Waals surface area contributed by atoms with Crippen LogP contribution in [0, 0.1) is 0 Å². The summed E-state index contributed by atoms with van der Waals surface area (Å²) in [4.78, 5) is 12.4. The van der Waals surface area contributed by atoms with Crippen LogP contribution in [0.3, 0.4) is 0 Å². The van der Waals surface area contributed by atoms with Crippen molar-refractivity contribution in [3.05, 3.63) is 60.3 Å². The number of esters is 1. The summed E-state index contributed by atoms with van der Waals surface area (Å²) in [5.41, 5.74) is 3.27. The average molecular weight is 399 g/mol. The minimum atomic E-state index is -3.29. The largest absolute Gasteiger partial charge is 0.461 e. The predicted molar refractivity (Wildman–Crippen MR) is 108 cm³/mol. The van der Waals surface area contributed by atoms with Gasteiger partial charge in [0.15, 0.2) is 15.5 Å². The fourth-order valence-corrected chi connectivity index (χ4v) is 3.36. The summed E-state index contributed by atoms with van der Waals surface area (Å²) in [6.45, 7) is 1.98. The Morgan fingerprint density at radius 3 is 2.29 bits per heavy atom. The quantitative estimate of drug-likeness (QED) is 0.641. The zero-order chi connectivity index (χ0) is 20.3. The molecule has 0 fully saturated rings. The van der Waals surface area contributed by atoms with E-state index in [0.29, 0.717) is 5.69 Å². The van der Waals surface area contributed by atoms with E-state index in [1.165, 1.54) is 12.1 Å². The van der Waals surface area contributed by atoms with Crippen molar-refractivity contribution in [2.24, 2.45) is 0 Å². The molecule has 0 saturated heterocycles. The number of carbonyl (C=O) groups excluding carboxylic acids is 1. The van der Waals surface area contributed by atoms with E-state index in [9.17, 15) is 13.2 Å². The number of ether oxygens (including phenoxy) is 1. The molecular formula is C20H21N3O4S. The normalized spacial score (nSPS) is 11.2. The van der Waals surface area contributed by atoms with Crippen LogP contribution >= 0.6 is 0 Å². The zero-order valence-corrected chi connectivity index (χ0v) is 16.7. The van der Waals surface area contributed by atoms with E-state index in [4.69, 9.17) is 4.74 Å². The van der Waals surface area contributed by atoms with Crippen LogP contribution in [-0.4, -0.2) is 44.1 Å². The predicted octanol–water partition coefficient (Wildman–Crippen LogP) is 3.16. The summed E-state index contributed by atoms with van der Waals surface area (Å²) >= 11 is 0. The summed E-state index contributed by atoms with van der Waals surface area (Å²) < 4.78 is 30.1. The van der Waals surface area contributed by atoms with E-state index in [1.807, 2.05) is 31.3 Å². The van der Waals surface area contributed by atoms with Crippen molar-refractivity contribution in [2.75, 3.05) is 25.2 Å². The molecule has 0 radical (unpaired) electrons. The number of aromatic nitrogens is 2. The van der Waals surface area contributed by atoms with Crippen molar-refractivity contribution < 1.29 is 17.9 Å². The minimum Gasteiger partial charge on any atom is -0.461 e. The second-order valence-corrected chi connectivity index (χ2v) is 8.16. The molecule has 146 valence electrons. The van der Waals surface area contributed by atoms with Crippen molar-refractivity contribution in [1.82, 2.24) is 9.78 Å². The molecule has 1 aromatic heterocycles. The number of rotatable bonds is 6. The fourth-order valence-electron chi connectivity index (χ4n) is 2.73. The van der Waals surface area contributed by atoms with Crippen LogP contribution in [0.1, 0.15) is 17.4 Å². The fraction of sp³-hybridized carbons (Fsp3) is 0.200. The first-order chi connectivity index (χ1) is 13.3. The second-order valence-electron chi connectivity index (χ2n) is 6.14. The first-order valence-electron chi connectivity index (χ1n) is 8.69. The topological polar surface area (TPSA) is 90.3 Å². The standard InChI is InChI=1S/C20H21N3O4S/c1-4-27-20(24)18-13-19(14-5-11-17(12-6-14)28(3,25)26)23(22-18)16-9-7-15(21-2)8-10-16/h5-13,21H,4H2,1-3H3. The number of anilines is 1. The van der Waals surface area contributed by atoms with Crippen LogP contribution in [0.5, 0.6) is 0 Å². The Bertz CT molecular complexity index is 1090. The molecule has 7 nitrogen and oxygen atoms in total. The smallest absolute Gasteiger partial charge is 0.358 e. The SMILES string of the molecule is CCOC(=O)c1cc(-c2ccc(S(C)(=O)=O)cc2)n(-c2ccc(NC)cc2)n1. The van der Waals surface area contributed by atoms with Gasteiger partial charge in [-0.2, -0.15) is 5.10 Å². The van der Waals surface area contributed by atoms with Gasteiger partial charge in [-0.1, -0.05) is 12.1 Å². The zero-order valence-electron chi connectivity index (χ0n) is 15.8. The molecule has 1 N–H and O–H groups in total. The Morgan fingerprint density at radius 1 is 1.11 bits per heavy atom. The maximum Gasteiger partial charge on any atom is 0.358 e. The molecule has 1 heterocycles. The molecule has 0 aliphatic heterocycles. The molecule has 8 heteroatoms. The molecule has 0 saturated carbocycles. The maximum atomic E-state index is 12.2. The first kappa shape index (κ1) is 19.6.